The van der Waals surface area contributed by atoms with E-state index in [1.54, 1.807) is 24.0 Å². The highest BCUT2D eigenvalue weighted by atomic mass is 16.2. The van der Waals surface area contributed by atoms with Gasteiger partial charge in [0.25, 0.3) is 0 Å². The second kappa shape index (κ2) is 8.44. The number of hydrogen-bond donors (Lipinski definition) is 1. The molecule has 120 valence electrons. The van der Waals surface area contributed by atoms with E-state index in [-0.39, 0.29) is 11.6 Å². The van der Waals surface area contributed by atoms with Crippen molar-refractivity contribution in [2.75, 3.05) is 54.9 Å². The smallest absolute Gasteiger partial charge is 0.319 e. The van der Waals surface area contributed by atoms with E-state index in [1.807, 2.05) is 25.8 Å². The molecule has 1 fully saturated rings. The second-order valence-corrected chi connectivity index (χ2v) is 5.70. The maximum atomic E-state index is 11.9. The third-order valence-electron chi connectivity index (χ3n) is 3.84. The molecule has 2 amide bonds. The van der Waals surface area contributed by atoms with E-state index in [4.69, 9.17) is 5.84 Å². The van der Waals surface area contributed by atoms with Gasteiger partial charge >= 0.3 is 6.03 Å². The first-order chi connectivity index (χ1) is 9.28. The van der Waals surface area contributed by atoms with Crippen LogP contribution in [0.5, 0.6) is 0 Å². The third-order valence-corrected chi connectivity index (χ3v) is 3.84. The zero-order valence-corrected chi connectivity index (χ0v) is 14.3. The van der Waals surface area contributed by atoms with Crippen LogP contribution in [0.1, 0.15) is 26.7 Å². The van der Waals surface area contributed by atoms with Crippen molar-refractivity contribution in [3.05, 3.63) is 0 Å². The van der Waals surface area contributed by atoms with Crippen molar-refractivity contribution < 1.29 is 4.79 Å². The molecule has 6 heteroatoms. The minimum Gasteiger partial charge on any atom is -0.331 e. The number of hydrazine groups is 1. The minimum absolute atomic E-state index is 0.0760. The molecule has 20 heavy (non-hydrogen) atoms. The molecule has 0 aliphatic carbocycles. The number of nitrogens with two attached hydrogens (primary N) is 1. The largest absolute Gasteiger partial charge is 0.331 e. The monoisotopic (exact) mass is 287 g/mol. The minimum atomic E-state index is 0.0760. The Morgan fingerprint density at radius 2 is 1.55 bits per heavy atom. The van der Waals surface area contributed by atoms with E-state index in [9.17, 15) is 4.79 Å². The van der Waals surface area contributed by atoms with Gasteiger partial charge in [0.1, 0.15) is 0 Å². The number of nitrogens with zero attached hydrogens (tertiary/aromatic N) is 4. The molecule has 0 saturated carbocycles. The number of likely N-dealkylation sites (N-methyl/N-ethyl adjacent to an activating group) is 2. The van der Waals surface area contributed by atoms with Gasteiger partial charge < -0.3 is 14.7 Å². The molecule has 0 atom stereocenters. The summed E-state index contributed by atoms with van der Waals surface area (Å²) in [5.74, 6) is 5.81. The van der Waals surface area contributed by atoms with E-state index in [0.29, 0.717) is 0 Å². The highest BCUT2D eigenvalue weighted by Gasteiger charge is 2.38. The van der Waals surface area contributed by atoms with Gasteiger partial charge in [0.15, 0.2) is 0 Å². The van der Waals surface area contributed by atoms with E-state index >= 15 is 0 Å². The number of piperidine rings is 1. The van der Waals surface area contributed by atoms with Crippen molar-refractivity contribution in [3.8, 4) is 0 Å². The summed E-state index contributed by atoms with van der Waals surface area (Å²) in [5.41, 5.74) is 0.0760. The predicted octanol–water partition coefficient (Wildman–Crippen LogP) is 0.896. The fourth-order valence-corrected chi connectivity index (χ4v) is 2.61. The van der Waals surface area contributed by atoms with E-state index < -0.39 is 0 Å². The average Bonchev–Trinajstić information content (AvgIpc) is 2.40. The summed E-state index contributed by atoms with van der Waals surface area (Å²) in [7, 11) is 9.66. The van der Waals surface area contributed by atoms with Crippen molar-refractivity contribution in [1.82, 2.24) is 19.7 Å². The van der Waals surface area contributed by atoms with Crippen LogP contribution in [0.25, 0.3) is 0 Å². The number of carbonyl (C=O) groups is 1. The first-order valence-electron chi connectivity index (χ1n) is 7.38. The van der Waals surface area contributed by atoms with Crippen LogP contribution in [0, 0.1) is 0 Å². The molecule has 6 nitrogen and oxygen atoms in total. The Bertz CT molecular complexity index is 283. The molecule has 0 spiro atoms. The van der Waals surface area contributed by atoms with Crippen molar-refractivity contribution in [3.63, 3.8) is 0 Å². The summed E-state index contributed by atoms with van der Waals surface area (Å²) in [6, 6.07) is 0.100. The number of rotatable bonds is 3. The molecular weight excluding hydrogens is 254 g/mol. The molecule has 1 saturated heterocycles. The predicted molar refractivity (Wildman–Crippen MR) is 84.5 cm³/mol. The summed E-state index contributed by atoms with van der Waals surface area (Å²) in [5, 5.41) is 1.74. The number of carbonyl (C=O) groups excluding carboxylic acids is 1. The Morgan fingerprint density at radius 3 is 1.85 bits per heavy atom. The summed E-state index contributed by atoms with van der Waals surface area (Å²) in [4.78, 5) is 17.7. The Balaban J connectivity index is 0.00000172. The molecule has 0 aromatic carbocycles. The molecule has 0 aromatic heterocycles. The van der Waals surface area contributed by atoms with Gasteiger partial charge in [0, 0.05) is 46.3 Å². The maximum absolute atomic E-state index is 11.9. The van der Waals surface area contributed by atoms with Gasteiger partial charge in [-0.2, -0.15) is 0 Å². The van der Waals surface area contributed by atoms with E-state index in [0.717, 1.165) is 32.5 Å². The number of urea groups is 1. The molecule has 1 aliphatic rings. The lowest BCUT2D eigenvalue weighted by Crippen LogP contribution is -2.60. The molecule has 0 bridgehead atoms. The van der Waals surface area contributed by atoms with Gasteiger partial charge in [0.05, 0.1) is 0 Å². The average molecular weight is 287 g/mol. The fourth-order valence-electron chi connectivity index (χ4n) is 2.61. The summed E-state index contributed by atoms with van der Waals surface area (Å²) < 4.78 is 0. The zero-order chi connectivity index (χ0) is 15.9. The number of hydrogen-bond acceptors (Lipinski definition) is 4. The SMILES string of the molecule is CC.CN(N)CC1(N(C)C)CCN(C(=O)N(C)C)CC1. The van der Waals surface area contributed by atoms with Crippen LogP contribution in [0.2, 0.25) is 0 Å². The fraction of sp³-hybridized carbons (Fsp3) is 0.929. The molecule has 0 radical (unpaired) electrons. The van der Waals surface area contributed by atoms with Gasteiger partial charge in [-0.1, -0.05) is 13.8 Å². The van der Waals surface area contributed by atoms with Crippen LogP contribution < -0.4 is 5.84 Å². The Hall–Kier alpha value is -0.850. The van der Waals surface area contributed by atoms with Gasteiger partial charge in [0.2, 0.25) is 0 Å². The Morgan fingerprint density at radius 1 is 1.10 bits per heavy atom. The number of likely N-dealkylation sites (tertiary alicyclic amines) is 1. The summed E-state index contributed by atoms with van der Waals surface area (Å²) >= 11 is 0. The summed E-state index contributed by atoms with van der Waals surface area (Å²) in [6.07, 6.45) is 1.92. The molecule has 2 N–H and O–H groups in total. The van der Waals surface area contributed by atoms with Crippen LogP contribution in [-0.2, 0) is 0 Å². The highest BCUT2D eigenvalue weighted by Crippen LogP contribution is 2.27. The maximum Gasteiger partial charge on any atom is 0.319 e. The van der Waals surface area contributed by atoms with Crippen molar-refractivity contribution >= 4 is 6.03 Å². The van der Waals surface area contributed by atoms with Gasteiger partial charge in [-0.3, -0.25) is 5.84 Å². The zero-order valence-electron chi connectivity index (χ0n) is 14.3. The lowest BCUT2D eigenvalue weighted by molar-refractivity contribution is 0.0367. The lowest BCUT2D eigenvalue weighted by Gasteiger charge is -2.47. The van der Waals surface area contributed by atoms with Gasteiger partial charge in [-0.25, -0.2) is 9.80 Å². The number of amides is 2. The third kappa shape index (κ3) is 4.92. The van der Waals surface area contributed by atoms with E-state index in [1.165, 1.54) is 0 Å². The van der Waals surface area contributed by atoms with Gasteiger partial charge in [-0.05, 0) is 26.9 Å². The van der Waals surface area contributed by atoms with Crippen LogP contribution in [0.4, 0.5) is 4.79 Å². The Labute approximate surface area is 124 Å². The van der Waals surface area contributed by atoms with Crippen LogP contribution in [-0.4, -0.2) is 86.2 Å². The molecule has 1 heterocycles. The quantitative estimate of drug-likeness (QED) is 0.619. The van der Waals surface area contributed by atoms with E-state index in [2.05, 4.69) is 19.0 Å². The molecule has 0 aromatic rings. The van der Waals surface area contributed by atoms with Crippen molar-refractivity contribution in [2.24, 2.45) is 5.84 Å². The van der Waals surface area contributed by atoms with Gasteiger partial charge in [-0.15, -0.1) is 0 Å². The standard InChI is InChI=1S/C12H27N5O.C2H6/c1-14(2)11(18)17-8-6-12(7-9-17,15(3)4)10-16(5)13;1-2/h6-10,13H2,1-5H3;1-2H3. The topological polar surface area (TPSA) is 56.1 Å². The van der Waals surface area contributed by atoms with Crippen LogP contribution >= 0.6 is 0 Å². The normalized spacial score (nSPS) is 17.8. The lowest BCUT2D eigenvalue weighted by atomic mass is 9.86. The Kier molecular flexibility index (Phi) is 8.08. The highest BCUT2D eigenvalue weighted by molar-refractivity contribution is 5.73. The van der Waals surface area contributed by atoms with Crippen LogP contribution in [0.3, 0.4) is 0 Å². The second-order valence-electron chi connectivity index (χ2n) is 5.70. The first-order valence-corrected chi connectivity index (χ1v) is 7.38. The van der Waals surface area contributed by atoms with Crippen molar-refractivity contribution in [1.29, 1.82) is 0 Å². The molecule has 1 rings (SSSR count). The summed E-state index contributed by atoms with van der Waals surface area (Å²) in [6.45, 7) is 6.41. The molecule has 0 unspecified atom stereocenters. The molecular formula is C14H33N5O. The van der Waals surface area contributed by atoms with Crippen molar-refractivity contribution in [2.45, 2.75) is 32.2 Å². The van der Waals surface area contributed by atoms with Crippen LogP contribution in [0.15, 0.2) is 0 Å². The first kappa shape index (κ1) is 19.1. The molecule has 1 aliphatic heterocycles.